The summed E-state index contributed by atoms with van der Waals surface area (Å²) < 4.78 is 5.54. The van der Waals surface area contributed by atoms with Gasteiger partial charge in [0.25, 0.3) is 0 Å². The molecule has 2 saturated heterocycles. The molecule has 3 rings (SSSR count). The zero-order valence-electron chi connectivity index (χ0n) is 15.2. The van der Waals surface area contributed by atoms with E-state index in [0.717, 1.165) is 19.4 Å². The monoisotopic (exact) mass is 321 g/mol. The van der Waals surface area contributed by atoms with E-state index >= 15 is 0 Å². The van der Waals surface area contributed by atoms with Crippen molar-refractivity contribution in [2.45, 2.75) is 102 Å². The third kappa shape index (κ3) is 3.24. The smallest absolute Gasteiger partial charge is 0.139 e. The number of hydrogen-bond acceptors (Lipinski definition) is 3. The number of carbonyl (C=O) groups excluding carboxylic acids is 1. The molecule has 132 valence electrons. The third-order valence-corrected chi connectivity index (χ3v) is 6.79. The van der Waals surface area contributed by atoms with Gasteiger partial charge in [-0.3, -0.25) is 9.69 Å². The molecule has 0 aromatic heterocycles. The van der Waals surface area contributed by atoms with Crippen LogP contribution in [0.25, 0.3) is 0 Å². The van der Waals surface area contributed by atoms with Crippen molar-refractivity contribution in [1.82, 2.24) is 4.90 Å². The quantitative estimate of drug-likeness (QED) is 0.653. The molecule has 0 unspecified atom stereocenters. The number of nitrogens with zero attached hydrogens (tertiary/aromatic N) is 1. The molecule has 2 aliphatic heterocycles. The van der Waals surface area contributed by atoms with Crippen LogP contribution in [0.15, 0.2) is 0 Å². The minimum Gasteiger partial charge on any atom is -0.383 e. The Bertz CT molecular complexity index is 410. The average Bonchev–Trinajstić information content (AvgIpc) is 2.91. The molecule has 3 nitrogen and oxygen atoms in total. The van der Waals surface area contributed by atoms with Gasteiger partial charge in [0.1, 0.15) is 5.78 Å². The van der Waals surface area contributed by atoms with Crippen molar-refractivity contribution < 1.29 is 9.53 Å². The molecule has 3 aliphatic rings. The fourth-order valence-corrected chi connectivity index (χ4v) is 5.88. The molecule has 0 bridgehead atoms. The van der Waals surface area contributed by atoms with E-state index < -0.39 is 0 Å². The lowest BCUT2D eigenvalue weighted by molar-refractivity contribution is -0.144. The van der Waals surface area contributed by atoms with Crippen molar-refractivity contribution >= 4 is 5.78 Å². The van der Waals surface area contributed by atoms with Crippen molar-refractivity contribution in [3.63, 3.8) is 0 Å². The summed E-state index contributed by atoms with van der Waals surface area (Å²) in [5, 5.41) is 0. The van der Waals surface area contributed by atoms with Gasteiger partial charge in [0.15, 0.2) is 0 Å². The SMILES string of the molecule is CCCCCC[C@H]1CC(=O)[C@@H]2CCCC[C@@]23CC[C@@H](COC)N13. The number of Topliss-reactive ketones (excluding diaryl/α,β-unsaturated/α-hetero) is 1. The summed E-state index contributed by atoms with van der Waals surface area (Å²) in [6.45, 7) is 3.11. The zero-order chi connectivity index (χ0) is 16.3. The highest BCUT2D eigenvalue weighted by Crippen LogP contribution is 2.53. The van der Waals surface area contributed by atoms with Gasteiger partial charge < -0.3 is 4.74 Å². The van der Waals surface area contributed by atoms with Crippen molar-refractivity contribution in [1.29, 1.82) is 0 Å². The third-order valence-electron chi connectivity index (χ3n) is 6.79. The van der Waals surface area contributed by atoms with E-state index in [0.29, 0.717) is 23.8 Å². The van der Waals surface area contributed by atoms with Crippen LogP contribution in [0.2, 0.25) is 0 Å². The predicted molar refractivity (Wildman–Crippen MR) is 93.6 cm³/mol. The highest BCUT2D eigenvalue weighted by Gasteiger charge is 2.58. The molecule has 0 N–H and O–H groups in total. The summed E-state index contributed by atoms with van der Waals surface area (Å²) in [5.74, 6) is 0.907. The van der Waals surface area contributed by atoms with Crippen LogP contribution in [0, 0.1) is 5.92 Å². The van der Waals surface area contributed by atoms with E-state index in [2.05, 4.69) is 11.8 Å². The molecule has 0 aromatic rings. The topological polar surface area (TPSA) is 29.5 Å². The van der Waals surface area contributed by atoms with Crippen LogP contribution in [0.1, 0.15) is 84.0 Å². The minimum atomic E-state index is 0.201. The van der Waals surface area contributed by atoms with E-state index in [1.165, 1.54) is 64.2 Å². The molecule has 1 aliphatic carbocycles. The Morgan fingerprint density at radius 3 is 2.78 bits per heavy atom. The second-order valence-electron chi connectivity index (χ2n) is 8.13. The van der Waals surface area contributed by atoms with Gasteiger partial charge in [-0.25, -0.2) is 0 Å². The molecule has 4 atom stereocenters. The van der Waals surface area contributed by atoms with Crippen molar-refractivity contribution in [2.24, 2.45) is 5.92 Å². The number of unbranched alkanes of at least 4 members (excludes halogenated alkanes) is 3. The molecule has 3 heteroatoms. The lowest BCUT2D eigenvalue weighted by Gasteiger charge is -2.55. The molecular formula is C20H35NO2. The Balaban J connectivity index is 1.77. The Kier molecular flexibility index (Phi) is 5.79. The Labute approximate surface area is 142 Å². The normalized spacial score (nSPS) is 37.7. The molecule has 23 heavy (non-hydrogen) atoms. The number of ether oxygens (including phenoxy) is 1. The molecule has 3 fully saturated rings. The minimum absolute atomic E-state index is 0.201. The molecular weight excluding hydrogens is 286 g/mol. The fraction of sp³-hybridized carbons (Fsp3) is 0.950. The van der Waals surface area contributed by atoms with Crippen LogP contribution in [0.3, 0.4) is 0 Å². The lowest BCUT2D eigenvalue weighted by atomic mass is 9.65. The molecule has 0 amide bonds. The predicted octanol–water partition coefficient (Wildman–Crippen LogP) is 4.34. The number of ketones is 1. The maximum atomic E-state index is 12.9. The number of hydrogen-bond donors (Lipinski definition) is 0. The lowest BCUT2D eigenvalue weighted by Crippen LogP contribution is -2.64. The Morgan fingerprint density at radius 2 is 2.00 bits per heavy atom. The Hall–Kier alpha value is -0.410. The average molecular weight is 322 g/mol. The van der Waals surface area contributed by atoms with Crippen molar-refractivity contribution in [3.05, 3.63) is 0 Å². The van der Waals surface area contributed by atoms with E-state index in [9.17, 15) is 4.79 Å². The van der Waals surface area contributed by atoms with Gasteiger partial charge in [-0.05, 0) is 32.1 Å². The van der Waals surface area contributed by atoms with E-state index in [1.807, 2.05) is 7.11 Å². The van der Waals surface area contributed by atoms with E-state index in [-0.39, 0.29) is 5.54 Å². The first-order valence-electron chi connectivity index (χ1n) is 10.0. The summed E-state index contributed by atoms with van der Waals surface area (Å²) in [6, 6.07) is 1.03. The summed E-state index contributed by atoms with van der Waals surface area (Å²) in [6.07, 6.45) is 14.6. The van der Waals surface area contributed by atoms with Crippen LogP contribution >= 0.6 is 0 Å². The van der Waals surface area contributed by atoms with E-state index in [4.69, 9.17) is 4.74 Å². The van der Waals surface area contributed by atoms with Gasteiger partial charge in [-0.1, -0.05) is 45.4 Å². The van der Waals surface area contributed by atoms with Gasteiger partial charge in [-0.15, -0.1) is 0 Å². The second kappa shape index (κ2) is 7.65. The molecule has 0 aromatic carbocycles. The van der Waals surface area contributed by atoms with E-state index in [1.54, 1.807) is 0 Å². The maximum absolute atomic E-state index is 12.9. The van der Waals surface area contributed by atoms with Gasteiger partial charge in [0.05, 0.1) is 6.61 Å². The van der Waals surface area contributed by atoms with Crippen LogP contribution in [0.5, 0.6) is 0 Å². The standard InChI is InChI=1S/C20H35NO2/c1-3-4-5-6-9-16-14-19(22)18-10-7-8-12-20(18)13-11-17(15-23-2)21(16)20/h16-18H,3-15H2,1-2H3/t16-,17-,18-,20+/m0/s1. The first kappa shape index (κ1) is 17.4. The zero-order valence-corrected chi connectivity index (χ0v) is 15.2. The number of carbonyl (C=O) groups is 1. The van der Waals surface area contributed by atoms with Gasteiger partial charge in [0, 0.05) is 37.1 Å². The first-order chi connectivity index (χ1) is 11.2. The highest BCUT2D eigenvalue weighted by molar-refractivity contribution is 5.84. The van der Waals surface area contributed by atoms with Gasteiger partial charge in [-0.2, -0.15) is 0 Å². The number of rotatable bonds is 7. The van der Waals surface area contributed by atoms with Gasteiger partial charge in [0.2, 0.25) is 0 Å². The molecule has 1 saturated carbocycles. The van der Waals surface area contributed by atoms with Crippen LogP contribution in [-0.4, -0.2) is 42.0 Å². The molecule has 0 radical (unpaired) electrons. The van der Waals surface area contributed by atoms with Crippen molar-refractivity contribution in [2.75, 3.05) is 13.7 Å². The van der Waals surface area contributed by atoms with Crippen LogP contribution in [0.4, 0.5) is 0 Å². The van der Waals surface area contributed by atoms with Crippen LogP contribution < -0.4 is 0 Å². The maximum Gasteiger partial charge on any atom is 0.139 e. The summed E-state index contributed by atoms with van der Waals surface area (Å²) in [4.78, 5) is 15.7. The molecule has 2 heterocycles. The highest BCUT2D eigenvalue weighted by atomic mass is 16.5. The molecule has 1 spiro atoms. The Morgan fingerprint density at radius 1 is 1.13 bits per heavy atom. The van der Waals surface area contributed by atoms with Crippen LogP contribution in [-0.2, 0) is 9.53 Å². The van der Waals surface area contributed by atoms with Gasteiger partial charge >= 0.3 is 0 Å². The summed E-state index contributed by atoms with van der Waals surface area (Å²) in [7, 11) is 1.83. The summed E-state index contributed by atoms with van der Waals surface area (Å²) in [5.41, 5.74) is 0.201. The summed E-state index contributed by atoms with van der Waals surface area (Å²) >= 11 is 0. The van der Waals surface area contributed by atoms with Crippen molar-refractivity contribution in [3.8, 4) is 0 Å². The first-order valence-corrected chi connectivity index (χ1v) is 10.0. The number of methoxy groups -OCH3 is 1. The fourth-order valence-electron chi connectivity index (χ4n) is 5.88. The largest absolute Gasteiger partial charge is 0.383 e. The second-order valence-corrected chi connectivity index (χ2v) is 8.13. The number of piperidine rings is 1.